The summed E-state index contributed by atoms with van der Waals surface area (Å²) in [5.74, 6) is 0.485. The molecule has 220 valence electrons. The van der Waals surface area contributed by atoms with Gasteiger partial charge in [-0.25, -0.2) is 9.67 Å². The number of benzene rings is 3. The smallest absolute Gasteiger partial charge is 0.406 e. The van der Waals surface area contributed by atoms with Gasteiger partial charge in [-0.05, 0) is 66.4 Å². The molecule has 0 aliphatic carbocycles. The molecule has 0 unspecified atom stereocenters. The number of hydrogen-bond donors (Lipinski definition) is 1. The maximum atomic E-state index is 12.7. The van der Waals surface area contributed by atoms with Crippen LogP contribution in [0, 0.1) is 6.92 Å². The van der Waals surface area contributed by atoms with Crippen molar-refractivity contribution in [2.75, 3.05) is 10.7 Å². The Hall–Kier alpha value is -4.49. The monoisotopic (exact) mass is 622 g/mol. The average Bonchev–Trinajstić information content (AvgIpc) is 3.60. The fraction of sp³-hybridized carbons (Fsp3) is 0.167. The molecule has 1 aromatic heterocycles. The minimum absolute atomic E-state index is 0.00641. The number of halogens is 3. The standard InChI is InChI=1S/C30H25F3N6O2S2/c1-3-20-6-4-5-7-25(20)39-27(40)17-43-28(39)15-26(42)36-35-16-22-9-8-21(14-19(22)2)29-34-18-38(37-29)23-10-12-24(13-11-23)41-30(31,32)33/h4-16,18H,3,17H2,1-2H3,(H,36,42)/b28-15-,35-16+. The van der Waals surface area contributed by atoms with Gasteiger partial charge in [0, 0.05) is 11.6 Å². The van der Waals surface area contributed by atoms with Crippen LogP contribution < -0.4 is 15.1 Å². The molecule has 13 heteroatoms. The molecule has 5 rings (SSSR count). The summed E-state index contributed by atoms with van der Waals surface area (Å²) < 4.78 is 42.6. The topological polar surface area (TPSA) is 84.6 Å². The highest BCUT2D eigenvalue weighted by Gasteiger charge is 2.31. The summed E-state index contributed by atoms with van der Waals surface area (Å²) >= 11 is 6.90. The molecule has 0 bridgehead atoms. The molecule has 43 heavy (non-hydrogen) atoms. The summed E-state index contributed by atoms with van der Waals surface area (Å²) in [6, 6.07) is 18.8. The number of thiocarbonyl (C=S) groups is 1. The highest BCUT2D eigenvalue weighted by atomic mass is 32.2. The van der Waals surface area contributed by atoms with E-state index in [1.54, 1.807) is 17.2 Å². The van der Waals surface area contributed by atoms with Gasteiger partial charge in [0.2, 0.25) is 5.91 Å². The van der Waals surface area contributed by atoms with E-state index >= 15 is 0 Å². The van der Waals surface area contributed by atoms with Crippen LogP contribution in [0.3, 0.4) is 0 Å². The third-order valence-corrected chi connectivity index (χ3v) is 7.61. The van der Waals surface area contributed by atoms with Crippen LogP contribution in [-0.4, -0.2) is 44.0 Å². The van der Waals surface area contributed by atoms with Gasteiger partial charge in [-0.1, -0.05) is 61.2 Å². The number of carbonyl (C=O) groups is 1. The fourth-order valence-corrected chi connectivity index (χ4v) is 5.53. The summed E-state index contributed by atoms with van der Waals surface area (Å²) in [5.41, 5.74) is 7.85. The lowest BCUT2D eigenvalue weighted by Gasteiger charge is -2.20. The Morgan fingerprint density at radius 2 is 1.93 bits per heavy atom. The van der Waals surface area contributed by atoms with E-state index < -0.39 is 6.36 Å². The molecule has 1 aliphatic heterocycles. The highest BCUT2D eigenvalue weighted by Crippen LogP contribution is 2.36. The highest BCUT2D eigenvalue weighted by molar-refractivity contribution is 8.04. The van der Waals surface area contributed by atoms with Crippen molar-refractivity contribution >= 4 is 46.8 Å². The Bertz CT molecular complexity index is 1720. The fourth-order valence-electron chi connectivity index (χ4n) is 4.36. The lowest BCUT2D eigenvalue weighted by atomic mass is 10.1. The number of hydrazone groups is 1. The molecule has 1 amide bonds. The second kappa shape index (κ2) is 12.8. The van der Waals surface area contributed by atoms with E-state index in [-0.39, 0.29) is 11.7 Å². The SMILES string of the molecule is CCc1ccccc1N1C(=O)CS/C1=C\C(=S)N/N=C/c1ccc(-c2ncn(-c3ccc(OC(F)(F)F)cc3)n2)cc1C. The molecule has 0 spiro atoms. The number of rotatable bonds is 8. The van der Waals surface area contributed by atoms with Crippen LogP contribution >= 0.6 is 24.0 Å². The third kappa shape index (κ3) is 7.30. The number of aryl methyl sites for hydroxylation is 2. The normalized spacial score (nSPS) is 14.6. The van der Waals surface area contributed by atoms with Crippen LogP contribution in [0.25, 0.3) is 17.1 Å². The summed E-state index contributed by atoms with van der Waals surface area (Å²) in [5, 5.41) is 9.47. The molecule has 1 fully saturated rings. The zero-order chi connectivity index (χ0) is 30.6. The molecule has 2 heterocycles. The molecular weight excluding hydrogens is 597 g/mol. The zero-order valence-electron chi connectivity index (χ0n) is 23.0. The van der Waals surface area contributed by atoms with Crippen LogP contribution in [0.1, 0.15) is 23.6 Å². The molecule has 3 aromatic carbocycles. The van der Waals surface area contributed by atoms with Gasteiger partial charge in [-0.2, -0.15) is 5.10 Å². The number of aromatic nitrogens is 3. The molecule has 1 aliphatic rings. The van der Waals surface area contributed by atoms with E-state index in [0.29, 0.717) is 22.3 Å². The van der Waals surface area contributed by atoms with E-state index in [1.165, 1.54) is 47.0 Å². The van der Waals surface area contributed by atoms with Crippen LogP contribution in [-0.2, 0) is 11.2 Å². The first-order valence-corrected chi connectivity index (χ1v) is 14.5. The number of hydrogen-bond acceptors (Lipinski definition) is 7. The van der Waals surface area contributed by atoms with Crippen molar-refractivity contribution in [2.24, 2.45) is 5.10 Å². The minimum atomic E-state index is -4.75. The summed E-state index contributed by atoms with van der Waals surface area (Å²) in [6.45, 7) is 3.97. The predicted octanol–water partition coefficient (Wildman–Crippen LogP) is 6.58. The van der Waals surface area contributed by atoms with Gasteiger partial charge in [-0.3, -0.25) is 15.1 Å². The van der Waals surface area contributed by atoms with Crippen LogP contribution in [0.2, 0.25) is 0 Å². The maximum absolute atomic E-state index is 12.7. The maximum Gasteiger partial charge on any atom is 0.573 e. The second-order valence-corrected chi connectivity index (χ2v) is 10.8. The largest absolute Gasteiger partial charge is 0.573 e. The molecule has 0 atom stereocenters. The van der Waals surface area contributed by atoms with Crippen molar-refractivity contribution in [3.05, 3.63) is 101 Å². The zero-order valence-corrected chi connectivity index (χ0v) is 24.6. The van der Waals surface area contributed by atoms with Gasteiger partial charge < -0.3 is 4.74 Å². The van der Waals surface area contributed by atoms with Gasteiger partial charge in [-0.15, -0.1) is 18.3 Å². The summed E-state index contributed by atoms with van der Waals surface area (Å²) in [7, 11) is 0. The lowest BCUT2D eigenvalue weighted by molar-refractivity contribution is -0.274. The van der Waals surface area contributed by atoms with Gasteiger partial charge in [0.15, 0.2) is 5.82 Å². The number of thioether (sulfide) groups is 1. The van der Waals surface area contributed by atoms with Crippen molar-refractivity contribution in [2.45, 2.75) is 26.6 Å². The number of amides is 1. The van der Waals surface area contributed by atoms with E-state index in [1.807, 2.05) is 49.4 Å². The van der Waals surface area contributed by atoms with Crippen molar-refractivity contribution < 1.29 is 22.7 Å². The quantitative estimate of drug-likeness (QED) is 0.103. The summed E-state index contributed by atoms with van der Waals surface area (Å²) in [6.07, 6.45) is 0.924. The van der Waals surface area contributed by atoms with Crippen molar-refractivity contribution in [3.63, 3.8) is 0 Å². The molecule has 1 N–H and O–H groups in total. The molecule has 0 radical (unpaired) electrons. The van der Waals surface area contributed by atoms with Gasteiger partial charge >= 0.3 is 6.36 Å². The van der Waals surface area contributed by atoms with E-state index in [4.69, 9.17) is 12.2 Å². The Morgan fingerprint density at radius 3 is 2.65 bits per heavy atom. The lowest BCUT2D eigenvalue weighted by Crippen LogP contribution is -2.26. The van der Waals surface area contributed by atoms with Gasteiger partial charge in [0.25, 0.3) is 0 Å². The second-order valence-electron chi connectivity index (χ2n) is 9.34. The third-order valence-electron chi connectivity index (χ3n) is 6.41. The van der Waals surface area contributed by atoms with E-state index in [2.05, 4.69) is 32.3 Å². The molecular formula is C30H25F3N6O2S2. The molecule has 0 saturated carbocycles. The average molecular weight is 623 g/mol. The number of anilines is 1. The van der Waals surface area contributed by atoms with Crippen LogP contribution in [0.5, 0.6) is 5.75 Å². The first-order chi connectivity index (χ1) is 20.6. The Morgan fingerprint density at radius 1 is 1.16 bits per heavy atom. The first-order valence-electron chi connectivity index (χ1n) is 13.1. The van der Waals surface area contributed by atoms with Crippen molar-refractivity contribution in [3.8, 4) is 22.8 Å². The number of nitrogens with one attached hydrogen (secondary N) is 1. The summed E-state index contributed by atoms with van der Waals surface area (Å²) in [4.78, 5) is 19.1. The van der Waals surface area contributed by atoms with Gasteiger partial charge in [0.1, 0.15) is 17.1 Å². The van der Waals surface area contributed by atoms with Crippen LogP contribution in [0.4, 0.5) is 18.9 Å². The van der Waals surface area contributed by atoms with Gasteiger partial charge in [0.05, 0.1) is 28.4 Å². The van der Waals surface area contributed by atoms with Crippen LogP contribution in [0.15, 0.2) is 89.3 Å². The Balaban J connectivity index is 1.23. The Kier molecular flexibility index (Phi) is 8.92. The molecule has 1 saturated heterocycles. The Labute approximate surface area is 255 Å². The first kappa shape index (κ1) is 30.0. The van der Waals surface area contributed by atoms with Crippen molar-refractivity contribution in [1.82, 2.24) is 20.2 Å². The number of alkyl halides is 3. The predicted molar refractivity (Wildman–Crippen MR) is 165 cm³/mol. The van der Waals surface area contributed by atoms with E-state index in [9.17, 15) is 18.0 Å². The molecule has 8 nitrogen and oxygen atoms in total. The molecule has 4 aromatic rings. The number of para-hydroxylation sites is 1. The van der Waals surface area contributed by atoms with E-state index in [0.717, 1.165) is 39.4 Å². The van der Waals surface area contributed by atoms with Crippen molar-refractivity contribution in [1.29, 1.82) is 0 Å². The minimum Gasteiger partial charge on any atom is -0.406 e. The number of ether oxygens (including phenoxy) is 1. The number of nitrogens with zero attached hydrogens (tertiary/aromatic N) is 5. The number of carbonyl (C=O) groups excluding carboxylic acids is 1.